The zero-order valence-corrected chi connectivity index (χ0v) is 9.41. The Bertz CT molecular complexity index is 633. The summed E-state index contributed by atoms with van der Waals surface area (Å²) in [5.41, 5.74) is -0.747. The molecule has 2 aromatic rings. The molecule has 0 saturated carbocycles. The number of carbonyl (C=O) groups is 1. The average molecular weight is 262 g/mol. The standard InChI is InChI=1S/C11H7FN4O3/c12-8-6-7(2-3-9(8)16(18)19)10(17)15-11-13-4-1-5-14-11/h1-6H,(H,13,14,15,17). The second-order valence-corrected chi connectivity index (χ2v) is 3.45. The van der Waals surface area contributed by atoms with Crippen molar-refractivity contribution >= 4 is 17.5 Å². The molecule has 0 radical (unpaired) electrons. The molecule has 0 aliphatic carbocycles. The van der Waals surface area contributed by atoms with E-state index in [1.807, 2.05) is 0 Å². The quantitative estimate of drug-likeness (QED) is 0.671. The Balaban J connectivity index is 2.21. The summed E-state index contributed by atoms with van der Waals surface area (Å²) in [6.45, 7) is 0. The molecule has 0 atom stereocenters. The number of rotatable bonds is 3. The van der Waals surface area contributed by atoms with Gasteiger partial charge in [0.15, 0.2) is 0 Å². The van der Waals surface area contributed by atoms with E-state index in [0.29, 0.717) is 0 Å². The molecular formula is C11H7FN4O3. The van der Waals surface area contributed by atoms with Gasteiger partial charge in [0.1, 0.15) is 0 Å². The Kier molecular flexibility index (Phi) is 3.42. The highest BCUT2D eigenvalue weighted by molar-refractivity contribution is 6.03. The summed E-state index contributed by atoms with van der Waals surface area (Å²) in [5, 5.41) is 12.8. The third kappa shape index (κ3) is 2.86. The van der Waals surface area contributed by atoms with Gasteiger partial charge in [0.2, 0.25) is 11.8 Å². The molecule has 0 fully saturated rings. The number of nitrogens with zero attached hydrogens (tertiary/aromatic N) is 3. The molecule has 0 spiro atoms. The fraction of sp³-hybridized carbons (Fsp3) is 0. The van der Waals surface area contributed by atoms with Crippen LogP contribution in [0.5, 0.6) is 0 Å². The SMILES string of the molecule is O=C(Nc1ncccn1)c1ccc([N+](=O)[O-])c(F)c1. The highest BCUT2D eigenvalue weighted by atomic mass is 19.1. The van der Waals surface area contributed by atoms with Crippen molar-refractivity contribution < 1.29 is 14.1 Å². The van der Waals surface area contributed by atoms with Gasteiger partial charge in [-0.3, -0.25) is 20.2 Å². The fourth-order valence-electron chi connectivity index (χ4n) is 1.33. The van der Waals surface area contributed by atoms with Crippen molar-refractivity contribution in [3.05, 3.63) is 58.2 Å². The average Bonchev–Trinajstić information content (AvgIpc) is 2.39. The summed E-state index contributed by atoms with van der Waals surface area (Å²) in [4.78, 5) is 28.8. The number of amides is 1. The number of anilines is 1. The van der Waals surface area contributed by atoms with E-state index in [0.717, 1.165) is 18.2 Å². The first-order valence-electron chi connectivity index (χ1n) is 5.10. The number of nitro benzene ring substituents is 1. The molecule has 19 heavy (non-hydrogen) atoms. The van der Waals surface area contributed by atoms with Crippen molar-refractivity contribution in [2.24, 2.45) is 0 Å². The summed E-state index contributed by atoms with van der Waals surface area (Å²) in [7, 11) is 0. The monoisotopic (exact) mass is 262 g/mol. The van der Waals surface area contributed by atoms with Gasteiger partial charge in [0, 0.05) is 24.0 Å². The number of carbonyl (C=O) groups excluding carboxylic acids is 1. The van der Waals surface area contributed by atoms with Gasteiger partial charge in [-0.15, -0.1) is 0 Å². The zero-order valence-electron chi connectivity index (χ0n) is 9.41. The molecule has 0 aliphatic rings. The predicted molar refractivity (Wildman–Crippen MR) is 63.0 cm³/mol. The van der Waals surface area contributed by atoms with E-state index in [1.165, 1.54) is 12.4 Å². The summed E-state index contributed by atoms with van der Waals surface area (Å²) in [6.07, 6.45) is 2.86. The van der Waals surface area contributed by atoms with Crippen LogP contribution in [-0.2, 0) is 0 Å². The smallest absolute Gasteiger partial charge is 0.290 e. The van der Waals surface area contributed by atoms with E-state index in [4.69, 9.17) is 0 Å². The van der Waals surface area contributed by atoms with Crippen LogP contribution < -0.4 is 5.32 Å². The second kappa shape index (κ2) is 5.17. The Hall–Kier alpha value is -2.90. The largest absolute Gasteiger partial charge is 0.304 e. The molecule has 1 aromatic carbocycles. The van der Waals surface area contributed by atoms with Crippen molar-refractivity contribution in [3.63, 3.8) is 0 Å². The summed E-state index contributed by atoms with van der Waals surface area (Å²) in [6, 6.07) is 4.44. The molecule has 8 heteroatoms. The number of hydrogen-bond donors (Lipinski definition) is 1. The van der Waals surface area contributed by atoms with Crippen LogP contribution in [0.2, 0.25) is 0 Å². The van der Waals surface area contributed by atoms with Crippen molar-refractivity contribution in [1.29, 1.82) is 0 Å². The molecule has 0 bridgehead atoms. The number of nitro groups is 1. The van der Waals surface area contributed by atoms with Gasteiger partial charge in [0.25, 0.3) is 5.91 Å². The molecule has 96 valence electrons. The van der Waals surface area contributed by atoms with Crippen LogP contribution in [-0.4, -0.2) is 20.8 Å². The third-order valence-corrected chi connectivity index (χ3v) is 2.20. The highest BCUT2D eigenvalue weighted by Gasteiger charge is 2.17. The van der Waals surface area contributed by atoms with Crippen LogP contribution in [0.15, 0.2) is 36.7 Å². The van der Waals surface area contributed by atoms with Crippen LogP contribution in [0, 0.1) is 15.9 Å². The van der Waals surface area contributed by atoms with E-state index >= 15 is 0 Å². The molecule has 1 aromatic heterocycles. The van der Waals surface area contributed by atoms with Gasteiger partial charge in [0.05, 0.1) is 4.92 Å². The molecule has 1 amide bonds. The van der Waals surface area contributed by atoms with E-state index < -0.39 is 22.3 Å². The first-order chi connectivity index (χ1) is 9.08. The molecule has 2 rings (SSSR count). The molecule has 0 unspecified atom stereocenters. The molecule has 1 N–H and O–H groups in total. The normalized spacial score (nSPS) is 9.95. The summed E-state index contributed by atoms with van der Waals surface area (Å²) >= 11 is 0. The summed E-state index contributed by atoms with van der Waals surface area (Å²) < 4.78 is 13.3. The van der Waals surface area contributed by atoms with E-state index in [2.05, 4.69) is 15.3 Å². The van der Waals surface area contributed by atoms with Crippen LogP contribution in [0.4, 0.5) is 16.0 Å². The Morgan fingerprint density at radius 3 is 2.58 bits per heavy atom. The van der Waals surface area contributed by atoms with Gasteiger partial charge in [-0.2, -0.15) is 4.39 Å². The molecular weight excluding hydrogens is 255 g/mol. The summed E-state index contributed by atoms with van der Waals surface area (Å²) in [5.74, 6) is -1.67. The van der Waals surface area contributed by atoms with Gasteiger partial charge in [-0.25, -0.2) is 9.97 Å². The van der Waals surface area contributed by atoms with Crippen LogP contribution in [0.25, 0.3) is 0 Å². The van der Waals surface area contributed by atoms with Crippen molar-refractivity contribution in [1.82, 2.24) is 9.97 Å². The minimum absolute atomic E-state index is 0.0597. The van der Waals surface area contributed by atoms with Gasteiger partial charge < -0.3 is 0 Å². The third-order valence-electron chi connectivity index (χ3n) is 2.20. The lowest BCUT2D eigenvalue weighted by molar-refractivity contribution is -0.387. The maximum absolute atomic E-state index is 13.3. The number of halogens is 1. The number of benzene rings is 1. The Labute approximate surface area is 106 Å². The van der Waals surface area contributed by atoms with Gasteiger partial charge >= 0.3 is 5.69 Å². The number of aromatic nitrogens is 2. The molecule has 7 nitrogen and oxygen atoms in total. The minimum atomic E-state index is -1.08. The van der Waals surface area contributed by atoms with Crippen molar-refractivity contribution in [2.75, 3.05) is 5.32 Å². The van der Waals surface area contributed by atoms with Gasteiger partial charge in [-0.05, 0) is 18.2 Å². The second-order valence-electron chi connectivity index (χ2n) is 3.45. The van der Waals surface area contributed by atoms with Crippen LogP contribution >= 0.6 is 0 Å². The highest BCUT2D eigenvalue weighted by Crippen LogP contribution is 2.18. The lowest BCUT2D eigenvalue weighted by Crippen LogP contribution is -2.14. The first kappa shape index (κ1) is 12.6. The molecule has 0 aliphatic heterocycles. The minimum Gasteiger partial charge on any atom is -0.290 e. The number of hydrogen-bond acceptors (Lipinski definition) is 5. The molecule has 1 heterocycles. The van der Waals surface area contributed by atoms with Crippen LogP contribution in [0.1, 0.15) is 10.4 Å². The van der Waals surface area contributed by atoms with E-state index in [1.54, 1.807) is 6.07 Å². The topological polar surface area (TPSA) is 98.0 Å². The zero-order chi connectivity index (χ0) is 13.8. The molecule has 0 saturated heterocycles. The maximum Gasteiger partial charge on any atom is 0.304 e. The first-order valence-corrected chi connectivity index (χ1v) is 5.10. The Morgan fingerprint density at radius 1 is 1.32 bits per heavy atom. The Morgan fingerprint density at radius 2 is 2.00 bits per heavy atom. The number of nitrogens with one attached hydrogen (secondary N) is 1. The lowest BCUT2D eigenvalue weighted by atomic mass is 10.2. The fourth-order valence-corrected chi connectivity index (χ4v) is 1.33. The van der Waals surface area contributed by atoms with Crippen LogP contribution in [0.3, 0.4) is 0 Å². The van der Waals surface area contributed by atoms with Gasteiger partial charge in [-0.1, -0.05) is 0 Å². The lowest BCUT2D eigenvalue weighted by Gasteiger charge is -2.03. The van der Waals surface area contributed by atoms with Crippen molar-refractivity contribution in [2.45, 2.75) is 0 Å². The predicted octanol–water partition coefficient (Wildman–Crippen LogP) is 1.78. The van der Waals surface area contributed by atoms with Crippen molar-refractivity contribution in [3.8, 4) is 0 Å². The van der Waals surface area contributed by atoms with E-state index in [-0.39, 0.29) is 11.5 Å². The maximum atomic E-state index is 13.3. The van der Waals surface area contributed by atoms with E-state index in [9.17, 15) is 19.3 Å².